The summed E-state index contributed by atoms with van der Waals surface area (Å²) < 4.78 is 13.4. The Kier molecular flexibility index (Phi) is 4.30. The van der Waals surface area contributed by atoms with Crippen molar-refractivity contribution < 1.29 is 14.3 Å². The summed E-state index contributed by atoms with van der Waals surface area (Å²) in [4.78, 5) is 13.6. The van der Waals surface area contributed by atoms with Gasteiger partial charge in [-0.05, 0) is 36.8 Å². The van der Waals surface area contributed by atoms with Gasteiger partial charge >= 0.3 is 5.72 Å². The van der Waals surface area contributed by atoms with Crippen LogP contribution in [0.25, 0.3) is 0 Å². The fourth-order valence-electron chi connectivity index (χ4n) is 4.78. The minimum Gasteiger partial charge on any atom is -0.490 e. The maximum atomic E-state index is 13.6. The van der Waals surface area contributed by atoms with E-state index < -0.39 is 5.72 Å². The highest BCUT2D eigenvalue weighted by molar-refractivity contribution is 9.10. The lowest BCUT2D eigenvalue weighted by molar-refractivity contribution is -0.161. The molecular weight excluding hydrogens is 470 g/mol. The molecule has 0 bridgehead atoms. The molecule has 6 nitrogen and oxygen atoms in total. The van der Waals surface area contributed by atoms with E-state index in [1.807, 2.05) is 78.7 Å². The van der Waals surface area contributed by atoms with Crippen LogP contribution in [0.15, 0.2) is 76.3 Å². The molecule has 0 aromatic heterocycles. The molecule has 1 amide bonds. The Bertz CT molecular complexity index is 1280. The zero-order chi connectivity index (χ0) is 21.9. The van der Waals surface area contributed by atoms with Gasteiger partial charge in [-0.2, -0.15) is 5.10 Å². The van der Waals surface area contributed by atoms with Crippen molar-refractivity contribution in [2.75, 3.05) is 11.9 Å². The monoisotopic (exact) mass is 489 g/mol. The fraction of sp³-hybridized carbons (Fsp3) is 0.200. The molecule has 0 fully saturated rings. The summed E-state index contributed by atoms with van der Waals surface area (Å²) in [7, 11) is 0. The SMILES string of the molecule is CCOc1cccc2c1O[C@@]1(C(=O)Nc3ccc(Br)cc31)N1N=C(c3ccccc3)C[C@H]21. The molecule has 3 aliphatic heterocycles. The number of benzene rings is 3. The third-order valence-corrected chi connectivity index (χ3v) is 6.65. The highest BCUT2D eigenvalue weighted by atomic mass is 79.9. The predicted octanol–water partition coefficient (Wildman–Crippen LogP) is 5.20. The van der Waals surface area contributed by atoms with Crippen molar-refractivity contribution in [1.82, 2.24) is 5.01 Å². The molecule has 0 saturated heterocycles. The lowest BCUT2D eigenvalue weighted by atomic mass is 9.92. The van der Waals surface area contributed by atoms with Gasteiger partial charge in [0.05, 0.1) is 29.6 Å². The first-order valence-electron chi connectivity index (χ1n) is 10.6. The molecule has 160 valence electrons. The smallest absolute Gasteiger partial charge is 0.306 e. The van der Waals surface area contributed by atoms with E-state index in [0.29, 0.717) is 24.5 Å². The lowest BCUT2D eigenvalue weighted by Crippen LogP contribution is -2.55. The predicted molar refractivity (Wildman–Crippen MR) is 125 cm³/mol. The molecule has 7 heteroatoms. The number of hydrogen-bond donors (Lipinski definition) is 1. The van der Waals surface area contributed by atoms with Gasteiger partial charge in [-0.25, -0.2) is 5.01 Å². The second kappa shape index (κ2) is 7.10. The van der Waals surface area contributed by atoms with Gasteiger partial charge in [-0.3, -0.25) is 4.79 Å². The Morgan fingerprint density at radius 2 is 2.03 bits per heavy atom. The van der Waals surface area contributed by atoms with E-state index in [1.54, 1.807) is 0 Å². The number of carbonyl (C=O) groups excluding carboxylic acids is 1. The van der Waals surface area contributed by atoms with Crippen molar-refractivity contribution in [3.8, 4) is 11.5 Å². The minimum absolute atomic E-state index is 0.162. The van der Waals surface area contributed by atoms with E-state index in [1.165, 1.54) is 0 Å². The van der Waals surface area contributed by atoms with Crippen LogP contribution in [0.2, 0.25) is 0 Å². The second-order valence-corrected chi connectivity index (χ2v) is 8.89. The molecule has 3 heterocycles. The zero-order valence-corrected chi connectivity index (χ0v) is 18.9. The number of ether oxygens (including phenoxy) is 2. The first kappa shape index (κ1) is 19.4. The van der Waals surface area contributed by atoms with Crippen LogP contribution in [-0.4, -0.2) is 23.2 Å². The fourth-order valence-corrected chi connectivity index (χ4v) is 5.14. The molecule has 0 saturated carbocycles. The average molecular weight is 490 g/mol. The number of hydrogen-bond acceptors (Lipinski definition) is 5. The molecule has 3 aromatic rings. The largest absolute Gasteiger partial charge is 0.490 e. The normalized spacial score (nSPS) is 22.6. The van der Waals surface area contributed by atoms with Crippen molar-refractivity contribution >= 4 is 33.2 Å². The number of carbonyl (C=O) groups is 1. The van der Waals surface area contributed by atoms with E-state index in [9.17, 15) is 4.79 Å². The summed E-state index contributed by atoms with van der Waals surface area (Å²) in [6.45, 7) is 2.44. The van der Waals surface area contributed by atoms with E-state index in [-0.39, 0.29) is 11.9 Å². The quantitative estimate of drug-likeness (QED) is 0.549. The Hall–Kier alpha value is -3.32. The number of nitrogens with zero attached hydrogens (tertiary/aromatic N) is 2. The van der Waals surface area contributed by atoms with Gasteiger partial charge in [-0.15, -0.1) is 0 Å². The van der Waals surface area contributed by atoms with Gasteiger partial charge in [0.2, 0.25) is 0 Å². The van der Waals surface area contributed by atoms with Crippen LogP contribution < -0.4 is 14.8 Å². The molecule has 6 rings (SSSR count). The van der Waals surface area contributed by atoms with Gasteiger partial charge in [0.25, 0.3) is 5.91 Å². The molecular formula is C25H20BrN3O3. The van der Waals surface area contributed by atoms with Crippen LogP contribution in [0.3, 0.4) is 0 Å². The van der Waals surface area contributed by atoms with Crippen molar-refractivity contribution in [2.45, 2.75) is 25.1 Å². The number of rotatable bonds is 3. The van der Waals surface area contributed by atoms with Crippen LogP contribution >= 0.6 is 15.9 Å². The summed E-state index contributed by atoms with van der Waals surface area (Å²) in [5, 5.41) is 9.81. The number of nitrogens with one attached hydrogen (secondary N) is 1. The molecule has 3 aliphatic rings. The Morgan fingerprint density at radius 1 is 1.19 bits per heavy atom. The maximum Gasteiger partial charge on any atom is 0.306 e. The van der Waals surface area contributed by atoms with E-state index in [2.05, 4.69) is 21.2 Å². The number of fused-ring (bicyclic) bond motifs is 6. The number of anilines is 1. The summed E-state index contributed by atoms with van der Waals surface area (Å²) in [5.41, 5.74) is 2.96. The first-order chi connectivity index (χ1) is 15.6. The van der Waals surface area contributed by atoms with E-state index in [4.69, 9.17) is 14.6 Å². The third kappa shape index (κ3) is 2.64. The van der Waals surface area contributed by atoms with Gasteiger partial charge in [0.1, 0.15) is 0 Å². The third-order valence-electron chi connectivity index (χ3n) is 6.16. The molecule has 1 spiro atoms. The molecule has 1 N–H and O–H groups in total. The lowest BCUT2D eigenvalue weighted by Gasteiger charge is -2.44. The van der Waals surface area contributed by atoms with Crippen molar-refractivity contribution in [2.24, 2.45) is 5.10 Å². The van der Waals surface area contributed by atoms with Crippen LogP contribution in [0.5, 0.6) is 11.5 Å². The van der Waals surface area contributed by atoms with Gasteiger partial charge in [0, 0.05) is 16.5 Å². The highest BCUT2D eigenvalue weighted by Crippen LogP contribution is 2.56. The molecule has 32 heavy (non-hydrogen) atoms. The highest BCUT2D eigenvalue weighted by Gasteiger charge is 2.61. The van der Waals surface area contributed by atoms with Crippen LogP contribution in [0.1, 0.15) is 36.1 Å². The first-order valence-corrected chi connectivity index (χ1v) is 11.4. The van der Waals surface area contributed by atoms with E-state index >= 15 is 0 Å². The van der Waals surface area contributed by atoms with Crippen LogP contribution in [0.4, 0.5) is 5.69 Å². The number of hydrazone groups is 1. The minimum atomic E-state index is -1.42. The number of halogens is 1. The Labute approximate surface area is 194 Å². The average Bonchev–Trinajstić information content (AvgIpc) is 3.37. The van der Waals surface area contributed by atoms with Crippen LogP contribution in [-0.2, 0) is 10.5 Å². The van der Waals surface area contributed by atoms with E-state index in [0.717, 1.165) is 32.6 Å². The summed E-state index contributed by atoms with van der Waals surface area (Å²) in [5.74, 6) is 0.974. The maximum absolute atomic E-state index is 13.6. The Balaban J connectivity index is 1.59. The zero-order valence-electron chi connectivity index (χ0n) is 17.3. The second-order valence-electron chi connectivity index (χ2n) is 7.97. The number of para-hydroxylation sites is 1. The van der Waals surface area contributed by atoms with Crippen molar-refractivity contribution in [1.29, 1.82) is 0 Å². The summed E-state index contributed by atoms with van der Waals surface area (Å²) >= 11 is 3.55. The topological polar surface area (TPSA) is 63.2 Å². The molecule has 2 atom stereocenters. The van der Waals surface area contributed by atoms with Crippen LogP contribution in [0, 0.1) is 0 Å². The number of amides is 1. The standard InChI is InChI=1S/C25H20BrN3O3/c1-2-31-22-10-6-9-17-21-14-20(15-7-4-3-5-8-15)28-29(21)25(32-23(17)22)18-13-16(26)11-12-19(18)27-24(25)30/h3-13,21H,2,14H2,1H3,(H,27,30)/t21-,25+/m1/s1. The van der Waals surface area contributed by atoms with Crippen molar-refractivity contribution in [3.05, 3.63) is 87.9 Å². The molecule has 0 radical (unpaired) electrons. The Morgan fingerprint density at radius 3 is 2.84 bits per heavy atom. The summed E-state index contributed by atoms with van der Waals surface area (Å²) in [6, 6.07) is 21.5. The summed E-state index contributed by atoms with van der Waals surface area (Å²) in [6.07, 6.45) is 0.661. The molecule has 0 unspecified atom stereocenters. The molecule has 3 aromatic carbocycles. The van der Waals surface area contributed by atoms with Gasteiger partial charge in [-0.1, -0.05) is 58.4 Å². The molecule has 0 aliphatic carbocycles. The van der Waals surface area contributed by atoms with Gasteiger partial charge in [0.15, 0.2) is 11.5 Å². The van der Waals surface area contributed by atoms with Crippen molar-refractivity contribution in [3.63, 3.8) is 0 Å². The van der Waals surface area contributed by atoms with Gasteiger partial charge < -0.3 is 14.8 Å².